The molecule has 3 aromatic rings. The van der Waals surface area contributed by atoms with E-state index in [4.69, 9.17) is 10.4 Å². The maximum Gasteiger partial charge on any atom is 0.284 e. The van der Waals surface area contributed by atoms with Crippen LogP contribution in [0.25, 0.3) is 0 Å². The second kappa shape index (κ2) is 20.5. The molecule has 1 aromatic carbocycles. The highest BCUT2D eigenvalue weighted by atomic mass is 32.2. The third-order valence-corrected chi connectivity index (χ3v) is 9.29. The van der Waals surface area contributed by atoms with Crippen molar-refractivity contribution in [2.45, 2.75) is 77.9 Å². The van der Waals surface area contributed by atoms with Crippen LogP contribution in [-0.4, -0.2) is 85.3 Å². The summed E-state index contributed by atoms with van der Waals surface area (Å²) in [4.78, 5) is 32.3. The van der Waals surface area contributed by atoms with Crippen molar-refractivity contribution in [1.82, 2.24) is 30.3 Å². The zero-order valence-electron chi connectivity index (χ0n) is 34.7. The molecule has 0 radical (unpaired) electrons. The quantitative estimate of drug-likeness (QED) is 0.0366. The number of halogens is 4. The monoisotopic (exact) mass is 840 g/mol. The van der Waals surface area contributed by atoms with E-state index in [2.05, 4.69) is 38.9 Å². The summed E-state index contributed by atoms with van der Waals surface area (Å²) < 4.78 is 75.6. The van der Waals surface area contributed by atoms with Crippen LogP contribution in [0.2, 0.25) is 0 Å². The molecule has 0 spiro atoms. The van der Waals surface area contributed by atoms with Crippen molar-refractivity contribution in [3.8, 4) is 11.8 Å². The van der Waals surface area contributed by atoms with Gasteiger partial charge in [-0.15, -0.1) is 0 Å². The van der Waals surface area contributed by atoms with Crippen molar-refractivity contribution in [3.05, 3.63) is 111 Å². The van der Waals surface area contributed by atoms with Crippen molar-refractivity contribution >= 4 is 34.7 Å². The minimum atomic E-state index is -3.59. The Hall–Kier alpha value is -5.44. The van der Waals surface area contributed by atoms with E-state index in [1.54, 1.807) is 36.0 Å². The van der Waals surface area contributed by atoms with Gasteiger partial charge >= 0.3 is 0 Å². The van der Waals surface area contributed by atoms with Gasteiger partial charge < -0.3 is 25.2 Å². The van der Waals surface area contributed by atoms with Crippen molar-refractivity contribution in [2.75, 3.05) is 31.6 Å². The molecule has 0 saturated carbocycles. The normalized spacial score (nSPS) is 13.4. The topological polar surface area (TPSA) is 171 Å². The van der Waals surface area contributed by atoms with Gasteiger partial charge in [0.1, 0.15) is 34.9 Å². The minimum Gasteiger partial charge on any atom is -0.593 e. The average Bonchev–Trinajstić information content (AvgIpc) is 3.37. The fourth-order valence-electron chi connectivity index (χ4n) is 6.15. The van der Waals surface area contributed by atoms with E-state index in [-0.39, 0.29) is 41.8 Å². The molecule has 5 N–H and O–H groups in total. The maximum absolute atomic E-state index is 15.1. The minimum absolute atomic E-state index is 0.125. The number of aliphatic hydroxyl groups is 1. The molecular formula is C42H52F4N8O4S. The third kappa shape index (κ3) is 14.1. The van der Waals surface area contributed by atoms with Gasteiger partial charge in [-0.05, 0) is 75.3 Å². The summed E-state index contributed by atoms with van der Waals surface area (Å²) in [6.07, 6.45) is 5.11. The Balaban J connectivity index is 2.18. The van der Waals surface area contributed by atoms with Gasteiger partial charge in [-0.2, -0.15) is 9.82 Å². The van der Waals surface area contributed by atoms with E-state index < -0.39 is 70.3 Å². The Labute approximate surface area is 346 Å². The van der Waals surface area contributed by atoms with Crippen LogP contribution in [0.3, 0.4) is 0 Å². The number of aromatic nitrogens is 3. The molecule has 318 valence electrons. The largest absolute Gasteiger partial charge is 0.593 e. The van der Waals surface area contributed by atoms with Crippen LogP contribution in [0.4, 0.5) is 23.4 Å². The van der Waals surface area contributed by atoms with Crippen LogP contribution >= 0.6 is 0 Å². The molecule has 3 rings (SSSR count). The van der Waals surface area contributed by atoms with Gasteiger partial charge in [-0.1, -0.05) is 43.2 Å². The number of nitrogens with one attached hydrogen (secondary N) is 4. The van der Waals surface area contributed by atoms with Gasteiger partial charge in [0.15, 0.2) is 5.82 Å². The van der Waals surface area contributed by atoms with E-state index in [0.29, 0.717) is 30.8 Å². The lowest BCUT2D eigenvalue weighted by molar-refractivity contribution is -0.122. The van der Waals surface area contributed by atoms with Gasteiger partial charge in [0, 0.05) is 57.4 Å². The molecule has 0 aliphatic rings. The van der Waals surface area contributed by atoms with E-state index in [1.807, 2.05) is 6.92 Å². The number of hydrogen-bond donors (Lipinski definition) is 5. The smallest absolute Gasteiger partial charge is 0.284 e. The first-order valence-corrected chi connectivity index (χ1v) is 20.1. The number of nitrogens with zero attached hydrogens (tertiary/aromatic N) is 4. The number of aryl methyl sites for hydroxylation is 1. The second-order valence-corrected chi connectivity index (χ2v) is 15.8. The molecule has 0 fully saturated rings. The van der Waals surface area contributed by atoms with E-state index in [1.165, 1.54) is 41.1 Å². The van der Waals surface area contributed by atoms with Crippen LogP contribution in [0, 0.1) is 35.8 Å². The molecule has 59 heavy (non-hydrogen) atoms. The van der Waals surface area contributed by atoms with Gasteiger partial charge in [-0.3, -0.25) is 19.7 Å². The molecule has 12 nitrogen and oxygen atoms in total. The number of carbonyl (C=O) groups is 2. The van der Waals surface area contributed by atoms with Crippen LogP contribution in [0.15, 0.2) is 65.9 Å². The summed E-state index contributed by atoms with van der Waals surface area (Å²) in [5.41, 5.74) is 0.365. The van der Waals surface area contributed by atoms with E-state index in [0.717, 1.165) is 33.9 Å². The second-order valence-electron chi connectivity index (χ2n) is 14.7. The number of hydrogen-bond acceptors (Lipinski definition) is 9. The summed E-state index contributed by atoms with van der Waals surface area (Å²) in [6, 6.07) is 5.11. The van der Waals surface area contributed by atoms with Crippen molar-refractivity contribution < 1.29 is 36.8 Å². The molecule has 17 heteroatoms. The highest BCUT2D eigenvalue weighted by molar-refractivity contribution is 7.92. The van der Waals surface area contributed by atoms with Crippen molar-refractivity contribution in [2.24, 2.45) is 7.05 Å². The summed E-state index contributed by atoms with van der Waals surface area (Å²) in [5, 5.41) is 28.4. The molecule has 0 saturated heterocycles. The third-order valence-electron chi connectivity index (χ3n) is 8.81. The van der Waals surface area contributed by atoms with E-state index >= 15 is 8.78 Å². The Kier molecular flexibility index (Phi) is 16.7. The molecule has 2 atom stereocenters. The fourth-order valence-corrected chi connectivity index (χ4v) is 6.61. The number of allylic oxidation sites excluding steroid dienone is 4. The summed E-state index contributed by atoms with van der Waals surface area (Å²) in [7, 11) is 4.52. The zero-order valence-corrected chi connectivity index (χ0v) is 35.6. The number of anilines is 1. The standard InChI is InChI=1S/C42H52F4N8O4S/c1-11-13-26(22-34-25(3)39(51-54(34)9)52-59(10)58)18-28-14-15-31(16-17-41(4,5)57)49-37(28)33(21-27-19-29(43)23-30(44)20-27)50-35(55)24-48-38(42(6,45)46)32(12-2)36(47)40(56)53(7)8/h11,13-15,19-20,23,33,47-48,57H,1,12,18,21-22,24H2,2-10H3,(H,50,55)(H,51,52)/b26-13-,38-32-,47-36?/t33-,59?/m0/s1. The number of alkyl halides is 2. The van der Waals surface area contributed by atoms with Crippen LogP contribution in [0.5, 0.6) is 0 Å². The Bertz CT molecular complexity index is 2160. The Morgan fingerprint density at radius 2 is 1.80 bits per heavy atom. The van der Waals surface area contributed by atoms with Gasteiger partial charge in [-0.25, -0.2) is 22.5 Å². The van der Waals surface area contributed by atoms with E-state index in [9.17, 15) is 28.0 Å². The first kappa shape index (κ1) is 47.9. The fraction of sp³-hybridized carbons (Fsp3) is 0.405. The highest BCUT2D eigenvalue weighted by Crippen LogP contribution is 2.29. The first-order chi connectivity index (χ1) is 27.4. The average molecular weight is 841 g/mol. The first-order valence-electron chi connectivity index (χ1n) is 18.5. The SMILES string of the molecule is C=C/C=C(/Cc1ccc(C#CC(C)(C)O)nc1[C@H](Cc1cc(F)cc(F)c1)NC(=O)CN/C(=C(/CC)C(=N)C(=O)N(C)C)C(C)(F)F)Cc1c(C)c(N[S+](C)[O-])nn1C. The molecule has 1 unspecified atom stereocenters. The summed E-state index contributed by atoms with van der Waals surface area (Å²) >= 11 is -1.37. The van der Waals surface area contributed by atoms with Crippen LogP contribution in [0.1, 0.15) is 73.9 Å². The predicted octanol–water partition coefficient (Wildman–Crippen LogP) is 5.54. The van der Waals surface area contributed by atoms with Gasteiger partial charge in [0.05, 0.1) is 35.3 Å². The molecule has 2 heterocycles. The molecular weight excluding hydrogens is 789 g/mol. The molecule has 2 aromatic heterocycles. The number of benzene rings is 1. The Morgan fingerprint density at radius 3 is 2.34 bits per heavy atom. The number of rotatable bonds is 18. The van der Waals surface area contributed by atoms with Gasteiger partial charge in [0.2, 0.25) is 5.91 Å². The zero-order chi connectivity index (χ0) is 44.4. The number of pyridine rings is 1. The molecule has 0 aliphatic heterocycles. The predicted molar refractivity (Wildman–Crippen MR) is 222 cm³/mol. The lowest BCUT2D eigenvalue weighted by Crippen LogP contribution is -2.41. The maximum atomic E-state index is 15.1. The van der Waals surface area contributed by atoms with Crippen molar-refractivity contribution in [3.63, 3.8) is 0 Å². The molecule has 0 aliphatic carbocycles. The van der Waals surface area contributed by atoms with Gasteiger partial charge in [0.25, 0.3) is 11.8 Å². The van der Waals surface area contributed by atoms with Crippen LogP contribution < -0.4 is 15.4 Å². The number of amides is 2. The molecule has 0 bridgehead atoms. The molecule has 2 amide bonds. The Morgan fingerprint density at radius 1 is 1.15 bits per heavy atom. The lowest BCUT2D eigenvalue weighted by atomic mass is 9.93. The van der Waals surface area contributed by atoms with Crippen LogP contribution in [-0.2, 0) is 47.3 Å². The highest BCUT2D eigenvalue weighted by Gasteiger charge is 2.34. The number of carbonyl (C=O) groups excluding carboxylic acids is 2. The summed E-state index contributed by atoms with van der Waals surface area (Å²) in [6.45, 7) is 10.0. The van der Waals surface area contributed by atoms with Crippen molar-refractivity contribution in [1.29, 1.82) is 5.41 Å². The lowest BCUT2D eigenvalue weighted by Gasteiger charge is -2.25. The summed E-state index contributed by atoms with van der Waals surface area (Å²) in [5.74, 6) is -0.971.